The lowest BCUT2D eigenvalue weighted by molar-refractivity contribution is -0.120. The number of piperidine rings is 1. The molecule has 1 aromatic rings. The Balaban J connectivity index is 1.96. The van der Waals surface area contributed by atoms with E-state index in [4.69, 9.17) is 0 Å². The molecule has 1 N–H and O–H groups in total. The van der Waals surface area contributed by atoms with Crippen molar-refractivity contribution in [2.45, 2.75) is 49.7 Å². The van der Waals surface area contributed by atoms with Gasteiger partial charge in [-0.1, -0.05) is 19.8 Å². The maximum absolute atomic E-state index is 12.5. The first-order chi connectivity index (χ1) is 10.5. The van der Waals surface area contributed by atoms with Gasteiger partial charge in [0.05, 0.1) is 6.42 Å². The second-order valence-electron chi connectivity index (χ2n) is 5.57. The largest absolute Gasteiger partial charge is 0.356 e. The Labute approximate surface area is 136 Å². The number of carbonyl (C=O) groups excluding carboxylic acids is 1. The van der Waals surface area contributed by atoms with Crippen LogP contribution in [0.4, 0.5) is 0 Å². The highest BCUT2D eigenvalue weighted by molar-refractivity contribution is 7.91. The second-order valence-corrected chi connectivity index (χ2v) is 8.90. The van der Waals surface area contributed by atoms with Crippen LogP contribution in [0.1, 0.15) is 43.9 Å². The summed E-state index contributed by atoms with van der Waals surface area (Å²) in [5, 5.41) is 2.85. The van der Waals surface area contributed by atoms with Crippen LogP contribution in [0.2, 0.25) is 0 Å². The number of hydrogen-bond donors (Lipinski definition) is 1. The monoisotopic (exact) mass is 344 g/mol. The summed E-state index contributed by atoms with van der Waals surface area (Å²) in [7, 11) is -3.38. The first kappa shape index (κ1) is 17.4. The lowest BCUT2D eigenvalue weighted by Crippen LogP contribution is -2.35. The minimum atomic E-state index is -3.38. The molecular weight excluding hydrogens is 320 g/mol. The van der Waals surface area contributed by atoms with Gasteiger partial charge in [0.15, 0.2) is 0 Å². The minimum absolute atomic E-state index is 0.0442. The van der Waals surface area contributed by atoms with Crippen LogP contribution in [0.5, 0.6) is 0 Å². The molecule has 22 heavy (non-hydrogen) atoms. The van der Waals surface area contributed by atoms with Crippen LogP contribution in [-0.2, 0) is 21.2 Å². The van der Waals surface area contributed by atoms with Gasteiger partial charge in [-0.25, -0.2) is 8.42 Å². The number of nitrogens with one attached hydrogen (secondary N) is 1. The fourth-order valence-electron chi connectivity index (χ4n) is 2.45. The van der Waals surface area contributed by atoms with Crippen molar-refractivity contribution in [2.24, 2.45) is 0 Å². The highest BCUT2D eigenvalue weighted by Gasteiger charge is 2.27. The third kappa shape index (κ3) is 4.54. The number of hydrogen-bond acceptors (Lipinski definition) is 4. The van der Waals surface area contributed by atoms with E-state index in [1.165, 1.54) is 11.3 Å². The number of amides is 1. The van der Waals surface area contributed by atoms with Crippen molar-refractivity contribution >= 4 is 27.3 Å². The smallest absolute Gasteiger partial charge is 0.252 e. The Morgan fingerprint density at radius 1 is 1.27 bits per heavy atom. The minimum Gasteiger partial charge on any atom is -0.356 e. The molecule has 2 heterocycles. The van der Waals surface area contributed by atoms with Crippen LogP contribution in [0, 0.1) is 0 Å². The number of sulfonamides is 1. The van der Waals surface area contributed by atoms with Crippen LogP contribution < -0.4 is 5.32 Å². The molecule has 0 atom stereocenters. The van der Waals surface area contributed by atoms with Crippen LogP contribution in [0.25, 0.3) is 0 Å². The van der Waals surface area contributed by atoms with Crippen LogP contribution in [-0.4, -0.2) is 38.3 Å². The lowest BCUT2D eigenvalue weighted by Gasteiger charge is -2.25. The first-order valence-corrected chi connectivity index (χ1v) is 10.1. The molecular formula is C15H24N2O3S2. The van der Waals surface area contributed by atoms with Crippen LogP contribution in [0.15, 0.2) is 16.3 Å². The van der Waals surface area contributed by atoms with Crippen molar-refractivity contribution in [2.75, 3.05) is 19.6 Å². The maximum Gasteiger partial charge on any atom is 0.252 e. The van der Waals surface area contributed by atoms with Gasteiger partial charge in [0.25, 0.3) is 10.0 Å². The molecule has 0 aliphatic carbocycles. The standard InChI is InChI=1S/C15H24N2O3S2/c1-2-3-9-16-14(18)12-13-7-8-15(21-13)22(19,20)17-10-5-4-6-11-17/h7-8H,2-6,9-12H2,1H3,(H,16,18). The van der Waals surface area contributed by atoms with Gasteiger partial charge < -0.3 is 5.32 Å². The summed E-state index contributed by atoms with van der Waals surface area (Å²) in [5.74, 6) is -0.0442. The fraction of sp³-hybridized carbons (Fsp3) is 0.667. The molecule has 1 saturated heterocycles. The number of unbranched alkanes of at least 4 members (excludes halogenated alkanes) is 1. The van der Waals surface area contributed by atoms with Gasteiger partial charge in [-0.05, 0) is 31.4 Å². The Bertz CT molecular complexity index is 590. The molecule has 1 aliphatic rings. The van der Waals surface area contributed by atoms with Gasteiger partial charge in [0.1, 0.15) is 4.21 Å². The molecule has 1 fully saturated rings. The zero-order valence-corrected chi connectivity index (χ0v) is 14.6. The summed E-state index contributed by atoms with van der Waals surface area (Å²) < 4.78 is 27.0. The molecule has 0 aromatic carbocycles. The van der Waals surface area contributed by atoms with Crippen molar-refractivity contribution in [3.8, 4) is 0 Å². The maximum atomic E-state index is 12.5. The number of nitrogens with zero attached hydrogens (tertiary/aromatic N) is 1. The van der Waals surface area contributed by atoms with Gasteiger partial charge in [-0.15, -0.1) is 11.3 Å². The number of rotatable bonds is 7. The van der Waals surface area contributed by atoms with Gasteiger partial charge in [0, 0.05) is 24.5 Å². The summed E-state index contributed by atoms with van der Waals surface area (Å²) >= 11 is 1.21. The molecule has 0 spiro atoms. The van der Waals surface area contributed by atoms with Crippen LogP contribution in [0.3, 0.4) is 0 Å². The quantitative estimate of drug-likeness (QED) is 0.772. The van der Waals surface area contributed by atoms with Gasteiger partial charge in [-0.2, -0.15) is 4.31 Å². The Hall–Kier alpha value is -0.920. The lowest BCUT2D eigenvalue weighted by atomic mass is 10.2. The third-order valence-corrected chi connectivity index (χ3v) is 7.18. The van der Waals surface area contributed by atoms with Crippen molar-refractivity contribution < 1.29 is 13.2 Å². The Morgan fingerprint density at radius 2 is 2.00 bits per heavy atom. The number of carbonyl (C=O) groups is 1. The second kappa shape index (κ2) is 8.08. The first-order valence-electron chi connectivity index (χ1n) is 7.89. The predicted octanol–water partition coefficient (Wildman–Crippen LogP) is 2.38. The molecule has 0 saturated carbocycles. The van der Waals surface area contributed by atoms with E-state index >= 15 is 0 Å². The average Bonchev–Trinajstić information content (AvgIpc) is 2.97. The summed E-state index contributed by atoms with van der Waals surface area (Å²) in [6, 6.07) is 3.38. The van der Waals surface area contributed by atoms with E-state index in [1.807, 2.05) is 0 Å². The molecule has 1 amide bonds. The summed E-state index contributed by atoms with van der Waals surface area (Å²) in [6.45, 7) is 3.96. The zero-order chi connectivity index (χ0) is 16.0. The third-order valence-electron chi connectivity index (χ3n) is 3.73. The topological polar surface area (TPSA) is 66.5 Å². The van der Waals surface area contributed by atoms with Crippen LogP contribution >= 0.6 is 11.3 Å². The van der Waals surface area contributed by atoms with E-state index in [9.17, 15) is 13.2 Å². The molecule has 0 unspecified atom stereocenters. The van der Waals surface area contributed by atoms with E-state index in [0.29, 0.717) is 23.8 Å². The van der Waals surface area contributed by atoms with Crippen molar-refractivity contribution in [3.63, 3.8) is 0 Å². The van der Waals surface area contributed by atoms with Crippen molar-refractivity contribution in [1.29, 1.82) is 0 Å². The Kier molecular flexibility index (Phi) is 6.40. The van der Waals surface area contributed by atoms with Gasteiger partial charge in [0.2, 0.25) is 5.91 Å². The molecule has 124 valence electrons. The molecule has 0 radical (unpaired) electrons. The van der Waals surface area contributed by atoms with E-state index < -0.39 is 10.0 Å². The highest BCUT2D eigenvalue weighted by Crippen LogP contribution is 2.27. The Morgan fingerprint density at radius 3 is 2.68 bits per heavy atom. The van der Waals surface area contributed by atoms with Gasteiger partial charge >= 0.3 is 0 Å². The molecule has 2 rings (SSSR count). The normalized spacial score (nSPS) is 16.6. The van der Waals surface area contributed by atoms with E-state index in [-0.39, 0.29) is 12.3 Å². The molecule has 1 aliphatic heterocycles. The molecule has 5 nitrogen and oxygen atoms in total. The van der Waals surface area contributed by atoms with E-state index in [1.54, 1.807) is 16.4 Å². The molecule has 1 aromatic heterocycles. The summed E-state index contributed by atoms with van der Waals surface area (Å²) in [5.41, 5.74) is 0. The molecule has 7 heteroatoms. The highest BCUT2D eigenvalue weighted by atomic mass is 32.2. The fourth-order valence-corrected chi connectivity index (χ4v) is 5.48. The predicted molar refractivity (Wildman–Crippen MR) is 88.6 cm³/mol. The number of thiophene rings is 1. The average molecular weight is 345 g/mol. The van der Waals surface area contributed by atoms with Crippen molar-refractivity contribution in [3.05, 3.63) is 17.0 Å². The summed E-state index contributed by atoms with van der Waals surface area (Å²) in [6.07, 6.45) is 5.21. The zero-order valence-electron chi connectivity index (χ0n) is 13.0. The van der Waals surface area contributed by atoms with E-state index in [0.717, 1.165) is 37.0 Å². The molecule has 0 bridgehead atoms. The SMILES string of the molecule is CCCCNC(=O)Cc1ccc(S(=O)(=O)N2CCCCC2)s1. The van der Waals surface area contributed by atoms with Crippen molar-refractivity contribution in [1.82, 2.24) is 9.62 Å². The summed E-state index contributed by atoms with van der Waals surface area (Å²) in [4.78, 5) is 12.6. The van der Waals surface area contributed by atoms with Gasteiger partial charge in [-0.3, -0.25) is 4.79 Å². The van der Waals surface area contributed by atoms with E-state index in [2.05, 4.69) is 12.2 Å².